The zero-order valence-electron chi connectivity index (χ0n) is 13.1. The van der Waals surface area contributed by atoms with E-state index < -0.39 is 0 Å². The van der Waals surface area contributed by atoms with Gasteiger partial charge in [0.15, 0.2) is 5.82 Å². The number of hydrogen-bond donors (Lipinski definition) is 1. The molecule has 3 heteroatoms. The Hall–Kier alpha value is -1.74. The van der Waals surface area contributed by atoms with Crippen molar-refractivity contribution in [2.75, 3.05) is 6.54 Å². The second-order valence-electron chi connectivity index (χ2n) is 5.92. The Morgan fingerprint density at radius 1 is 1.29 bits per heavy atom. The molecular weight excluding hydrogens is 258 g/mol. The zero-order valence-corrected chi connectivity index (χ0v) is 13.1. The van der Waals surface area contributed by atoms with E-state index in [9.17, 15) is 0 Å². The maximum Gasteiger partial charge on any atom is 0.159 e. The highest BCUT2D eigenvalue weighted by atomic mass is 14.9. The molecular formula is C18H23N3. The third-order valence-electron chi connectivity index (χ3n) is 4.27. The van der Waals surface area contributed by atoms with Crippen LogP contribution in [0.3, 0.4) is 0 Å². The summed E-state index contributed by atoms with van der Waals surface area (Å²) >= 11 is 0. The SMILES string of the molecule is CCNC1CCCc2nc(-c3cc(C)ccc3C)ncc21. The van der Waals surface area contributed by atoms with Crippen LogP contribution in [0, 0.1) is 13.8 Å². The minimum Gasteiger partial charge on any atom is -0.310 e. The standard InChI is InChI=1S/C18H23N3/c1-4-19-16-6-5-7-17-15(16)11-20-18(21-17)14-10-12(2)8-9-13(14)3/h8-11,16,19H,4-7H2,1-3H3. The Balaban J connectivity index is 2.01. The molecule has 0 aliphatic heterocycles. The average Bonchev–Trinajstić information content (AvgIpc) is 2.50. The van der Waals surface area contributed by atoms with Gasteiger partial charge in [-0.15, -0.1) is 0 Å². The molecule has 0 spiro atoms. The lowest BCUT2D eigenvalue weighted by molar-refractivity contribution is 0.464. The number of nitrogens with one attached hydrogen (secondary N) is 1. The molecule has 3 nitrogen and oxygen atoms in total. The molecule has 1 aliphatic carbocycles. The van der Waals surface area contributed by atoms with Gasteiger partial charge in [0.05, 0.1) is 0 Å². The van der Waals surface area contributed by atoms with E-state index in [2.05, 4.69) is 49.3 Å². The van der Waals surface area contributed by atoms with Gasteiger partial charge in [0.25, 0.3) is 0 Å². The van der Waals surface area contributed by atoms with Crippen molar-refractivity contribution >= 4 is 0 Å². The lowest BCUT2D eigenvalue weighted by Crippen LogP contribution is -2.25. The number of aryl methyl sites for hydroxylation is 3. The van der Waals surface area contributed by atoms with Crippen LogP contribution in [0.4, 0.5) is 0 Å². The lowest BCUT2D eigenvalue weighted by atomic mass is 9.92. The van der Waals surface area contributed by atoms with Crippen LogP contribution in [0.1, 0.15) is 48.2 Å². The molecule has 110 valence electrons. The summed E-state index contributed by atoms with van der Waals surface area (Å²) in [6.45, 7) is 7.38. The summed E-state index contributed by atoms with van der Waals surface area (Å²) in [5, 5.41) is 3.54. The molecule has 1 aromatic carbocycles. The largest absolute Gasteiger partial charge is 0.310 e. The molecule has 3 rings (SSSR count). The maximum atomic E-state index is 4.87. The number of nitrogens with zero attached hydrogens (tertiary/aromatic N) is 2. The molecule has 21 heavy (non-hydrogen) atoms. The predicted octanol–water partition coefficient (Wildman–Crippen LogP) is 3.75. The van der Waals surface area contributed by atoms with Gasteiger partial charge in [-0.2, -0.15) is 0 Å². The first-order chi connectivity index (χ1) is 10.2. The molecule has 1 atom stereocenters. The first-order valence-electron chi connectivity index (χ1n) is 7.86. The van der Waals surface area contributed by atoms with E-state index in [0.717, 1.165) is 24.4 Å². The summed E-state index contributed by atoms with van der Waals surface area (Å²) in [6.07, 6.45) is 5.49. The fourth-order valence-electron chi connectivity index (χ4n) is 3.11. The molecule has 1 heterocycles. The van der Waals surface area contributed by atoms with Crippen LogP contribution in [0.5, 0.6) is 0 Å². The second-order valence-corrected chi connectivity index (χ2v) is 5.92. The molecule has 0 bridgehead atoms. The zero-order chi connectivity index (χ0) is 14.8. The van der Waals surface area contributed by atoms with E-state index >= 15 is 0 Å². The summed E-state index contributed by atoms with van der Waals surface area (Å²) in [5.41, 5.74) is 6.15. The van der Waals surface area contributed by atoms with Gasteiger partial charge in [0.2, 0.25) is 0 Å². The molecule has 0 amide bonds. The fraction of sp³-hybridized carbons (Fsp3) is 0.444. The van der Waals surface area contributed by atoms with Crippen molar-refractivity contribution in [1.29, 1.82) is 0 Å². The van der Waals surface area contributed by atoms with Crippen LogP contribution in [0.15, 0.2) is 24.4 Å². The molecule has 1 aliphatic rings. The fourth-order valence-corrected chi connectivity index (χ4v) is 3.11. The Kier molecular flexibility index (Phi) is 4.02. The van der Waals surface area contributed by atoms with Gasteiger partial charge in [-0.25, -0.2) is 9.97 Å². The first-order valence-corrected chi connectivity index (χ1v) is 7.86. The van der Waals surface area contributed by atoms with Crippen molar-refractivity contribution in [2.45, 2.75) is 46.1 Å². The van der Waals surface area contributed by atoms with Crippen LogP contribution >= 0.6 is 0 Å². The van der Waals surface area contributed by atoms with E-state index in [-0.39, 0.29) is 0 Å². The number of rotatable bonds is 3. The van der Waals surface area contributed by atoms with Gasteiger partial charge in [0.1, 0.15) is 0 Å². The molecule has 0 radical (unpaired) electrons. The van der Waals surface area contributed by atoms with Crippen molar-refractivity contribution in [3.8, 4) is 11.4 Å². The van der Waals surface area contributed by atoms with E-state index in [0.29, 0.717) is 6.04 Å². The van der Waals surface area contributed by atoms with Crippen molar-refractivity contribution in [1.82, 2.24) is 15.3 Å². The van der Waals surface area contributed by atoms with E-state index in [1.165, 1.54) is 35.2 Å². The summed E-state index contributed by atoms with van der Waals surface area (Å²) in [7, 11) is 0. The molecule has 1 unspecified atom stereocenters. The monoisotopic (exact) mass is 281 g/mol. The number of aromatic nitrogens is 2. The topological polar surface area (TPSA) is 37.8 Å². The van der Waals surface area contributed by atoms with Gasteiger partial charge in [0, 0.05) is 29.1 Å². The Bertz CT molecular complexity index is 649. The van der Waals surface area contributed by atoms with Crippen LogP contribution in [-0.4, -0.2) is 16.5 Å². The molecule has 1 aromatic heterocycles. The summed E-state index contributed by atoms with van der Waals surface area (Å²) in [6, 6.07) is 6.89. The van der Waals surface area contributed by atoms with Gasteiger partial charge in [-0.3, -0.25) is 0 Å². The highest BCUT2D eigenvalue weighted by Crippen LogP contribution is 2.30. The summed E-state index contributed by atoms with van der Waals surface area (Å²) in [4.78, 5) is 9.51. The third-order valence-corrected chi connectivity index (χ3v) is 4.27. The number of benzene rings is 1. The number of hydrogen-bond acceptors (Lipinski definition) is 3. The molecule has 0 saturated heterocycles. The highest BCUT2D eigenvalue weighted by Gasteiger charge is 2.21. The van der Waals surface area contributed by atoms with E-state index in [1.807, 2.05) is 6.20 Å². The molecule has 1 N–H and O–H groups in total. The Morgan fingerprint density at radius 3 is 2.95 bits per heavy atom. The normalized spacial score (nSPS) is 17.6. The Labute approximate surface area is 126 Å². The maximum absolute atomic E-state index is 4.87. The summed E-state index contributed by atoms with van der Waals surface area (Å²) in [5.74, 6) is 0.868. The van der Waals surface area contributed by atoms with Crippen molar-refractivity contribution in [3.05, 3.63) is 46.8 Å². The first kappa shape index (κ1) is 14.2. The molecule has 0 fully saturated rings. The third kappa shape index (κ3) is 2.84. The van der Waals surface area contributed by atoms with Crippen LogP contribution in [-0.2, 0) is 6.42 Å². The van der Waals surface area contributed by atoms with Crippen molar-refractivity contribution in [3.63, 3.8) is 0 Å². The van der Waals surface area contributed by atoms with E-state index in [4.69, 9.17) is 4.98 Å². The van der Waals surface area contributed by atoms with E-state index in [1.54, 1.807) is 0 Å². The van der Waals surface area contributed by atoms with Gasteiger partial charge < -0.3 is 5.32 Å². The average molecular weight is 281 g/mol. The van der Waals surface area contributed by atoms with Crippen LogP contribution in [0.25, 0.3) is 11.4 Å². The lowest BCUT2D eigenvalue weighted by Gasteiger charge is -2.25. The van der Waals surface area contributed by atoms with Crippen LogP contribution in [0.2, 0.25) is 0 Å². The highest BCUT2D eigenvalue weighted by molar-refractivity contribution is 5.61. The van der Waals surface area contributed by atoms with Gasteiger partial charge >= 0.3 is 0 Å². The smallest absolute Gasteiger partial charge is 0.159 e. The Morgan fingerprint density at radius 2 is 2.14 bits per heavy atom. The molecule has 0 saturated carbocycles. The van der Waals surface area contributed by atoms with Crippen molar-refractivity contribution < 1.29 is 0 Å². The summed E-state index contributed by atoms with van der Waals surface area (Å²) < 4.78 is 0. The second kappa shape index (κ2) is 5.94. The predicted molar refractivity (Wildman–Crippen MR) is 86.3 cm³/mol. The molecule has 2 aromatic rings. The minimum atomic E-state index is 0.423. The van der Waals surface area contributed by atoms with Crippen LogP contribution < -0.4 is 5.32 Å². The van der Waals surface area contributed by atoms with Crippen molar-refractivity contribution in [2.24, 2.45) is 0 Å². The van der Waals surface area contributed by atoms with Gasteiger partial charge in [-0.1, -0.05) is 24.6 Å². The minimum absolute atomic E-state index is 0.423. The number of fused-ring (bicyclic) bond motifs is 1. The quantitative estimate of drug-likeness (QED) is 0.931. The van der Waals surface area contributed by atoms with Gasteiger partial charge in [-0.05, 0) is 51.3 Å².